The lowest BCUT2D eigenvalue weighted by atomic mass is 9.79. The summed E-state index contributed by atoms with van der Waals surface area (Å²) in [5.41, 5.74) is 0.227. The summed E-state index contributed by atoms with van der Waals surface area (Å²) >= 11 is 3.27. The van der Waals surface area contributed by atoms with Gasteiger partial charge in [0.25, 0.3) is 5.56 Å². The van der Waals surface area contributed by atoms with Crippen LogP contribution >= 0.6 is 15.9 Å². The van der Waals surface area contributed by atoms with E-state index in [9.17, 15) is 27.5 Å². The molecule has 226 valence electrons. The summed E-state index contributed by atoms with van der Waals surface area (Å²) in [7, 11) is 0. The van der Waals surface area contributed by atoms with Crippen LogP contribution in [0.4, 0.5) is 17.6 Å². The van der Waals surface area contributed by atoms with E-state index in [-0.39, 0.29) is 21.8 Å². The summed E-state index contributed by atoms with van der Waals surface area (Å²) in [6.07, 6.45) is 2.04. The van der Waals surface area contributed by atoms with Gasteiger partial charge in [0.1, 0.15) is 34.2 Å². The summed E-state index contributed by atoms with van der Waals surface area (Å²) in [6, 6.07) is 5.43. The fraction of sp³-hybridized carbons (Fsp3) is 0.367. The molecule has 1 aliphatic rings. The molecule has 0 aliphatic heterocycles. The van der Waals surface area contributed by atoms with Crippen molar-refractivity contribution in [1.29, 1.82) is 0 Å². The first kappa shape index (κ1) is 30.7. The minimum absolute atomic E-state index is 0.0423. The number of aliphatic hydroxyl groups is 1. The number of halogens is 5. The summed E-state index contributed by atoms with van der Waals surface area (Å²) in [4.78, 5) is 30.8. The van der Waals surface area contributed by atoms with E-state index in [1.54, 1.807) is 37.5 Å². The number of ether oxygens (including phenoxy) is 1. The molecule has 0 atom stereocenters. The van der Waals surface area contributed by atoms with Crippen molar-refractivity contribution >= 4 is 15.9 Å². The second-order valence-electron chi connectivity index (χ2n) is 11.0. The van der Waals surface area contributed by atoms with Crippen LogP contribution in [0.3, 0.4) is 0 Å². The van der Waals surface area contributed by atoms with Gasteiger partial charge in [-0.25, -0.2) is 14.4 Å². The predicted octanol–water partition coefficient (Wildman–Crippen LogP) is 6.61. The molecule has 43 heavy (non-hydrogen) atoms. The number of nitrogens with zero attached hydrogens (tertiary/aromatic N) is 5. The van der Waals surface area contributed by atoms with Crippen LogP contribution in [0.2, 0.25) is 0 Å². The largest absolute Gasteiger partial charge is 0.486 e. The van der Waals surface area contributed by atoms with Gasteiger partial charge in [-0.1, -0.05) is 0 Å². The number of hydrogen-bond donors (Lipinski definition) is 1. The van der Waals surface area contributed by atoms with Crippen molar-refractivity contribution in [3.05, 3.63) is 91.8 Å². The Bertz CT molecular complexity index is 1730. The van der Waals surface area contributed by atoms with Crippen molar-refractivity contribution in [3.63, 3.8) is 0 Å². The second-order valence-corrected chi connectivity index (χ2v) is 11.8. The Morgan fingerprint density at radius 1 is 1.09 bits per heavy atom. The predicted molar refractivity (Wildman–Crippen MR) is 153 cm³/mol. The molecule has 13 heteroatoms. The Labute approximate surface area is 253 Å². The molecular formula is C30H28BrF4N5O3. The summed E-state index contributed by atoms with van der Waals surface area (Å²) < 4.78 is 59.9. The summed E-state index contributed by atoms with van der Waals surface area (Å²) in [6.45, 7) is 4.86. The van der Waals surface area contributed by atoms with Crippen molar-refractivity contribution in [2.24, 2.45) is 0 Å². The number of aryl methyl sites for hydroxylation is 2. The van der Waals surface area contributed by atoms with Crippen LogP contribution in [0.25, 0.3) is 17.1 Å². The number of rotatable bonds is 6. The molecule has 0 bridgehead atoms. The van der Waals surface area contributed by atoms with E-state index >= 15 is 0 Å². The smallest absolute Gasteiger partial charge is 0.417 e. The van der Waals surface area contributed by atoms with Crippen LogP contribution in [-0.2, 0) is 12.8 Å². The van der Waals surface area contributed by atoms with Gasteiger partial charge >= 0.3 is 6.18 Å². The normalized spacial score (nSPS) is 19.0. The Morgan fingerprint density at radius 2 is 1.81 bits per heavy atom. The monoisotopic (exact) mass is 661 g/mol. The van der Waals surface area contributed by atoms with E-state index < -0.39 is 35.3 Å². The van der Waals surface area contributed by atoms with Crippen LogP contribution < -0.4 is 10.3 Å². The third-order valence-corrected chi connectivity index (χ3v) is 8.32. The first-order chi connectivity index (χ1) is 20.2. The average Bonchev–Trinajstić information content (AvgIpc) is 2.95. The zero-order chi connectivity index (χ0) is 31.1. The molecule has 1 N–H and O–H groups in total. The molecule has 0 spiro atoms. The van der Waals surface area contributed by atoms with E-state index in [1.165, 1.54) is 4.57 Å². The first-order valence-corrected chi connectivity index (χ1v) is 14.3. The van der Waals surface area contributed by atoms with Gasteiger partial charge in [0, 0.05) is 36.3 Å². The molecule has 0 amide bonds. The van der Waals surface area contributed by atoms with Gasteiger partial charge in [-0.2, -0.15) is 13.2 Å². The van der Waals surface area contributed by atoms with E-state index in [4.69, 9.17) is 9.72 Å². The lowest BCUT2D eigenvalue weighted by Gasteiger charge is -2.32. The molecule has 1 fully saturated rings. The SMILES string of the molecule is Cc1cnc(-c2ccnc(C3CCC(C)(O)CC3)n2)cc1-n1c(C)cc(OCc2ncc(C(F)(F)F)cc2F)c(Br)c1=O. The van der Waals surface area contributed by atoms with E-state index in [2.05, 4.69) is 30.9 Å². The molecular weight excluding hydrogens is 634 g/mol. The lowest BCUT2D eigenvalue weighted by molar-refractivity contribution is -0.138. The van der Waals surface area contributed by atoms with Crippen molar-refractivity contribution in [2.75, 3.05) is 0 Å². The quantitative estimate of drug-likeness (QED) is 0.232. The van der Waals surface area contributed by atoms with Gasteiger partial charge in [0.05, 0.1) is 28.2 Å². The Hall–Kier alpha value is -3.71. The van der Waals surface area contributed by atoms with Crippen LogP contribution in [-0.4, -0.2) is 35.2 Å². The molecule has 0 saturated heterocycles. The fourth-order valence-corrected chi connectivity index (χ4v) is 5.47. The summed E-state index contributed by atoms with van der Waals surface area (Å²) in [5.74, 6) is -0.268. The van der Waals surface area contributed by atoms with Crippen LogP contribution in [0.1, 0.15) is 66.9 Å². The second kappa shape index (κ2) is 11.8. The molecule has 1 aliphatic carbocycles. The first-order valence-electron chi connectivity index (χ1n) is 13.5. The van der Waals surface area contributed by atoms with Gasteiger partial charge in [-0.15, -0.1) is 0 Å². The highest BCUT2D eigenvalue weighted by Crippen LogP contribution is 2.37. The number of aromatic nitrogens is 5. The van der Waals surface area contributed by atoms with Gasteiger partial charge in [-0.05, 0) is 86.1 Å². The van der Waals surface area contributed by atoms with E-state index in [1.807, 2.05) is 13.8 Å². The number of alkyl halides is 3. The van der Waals surface area contributed by atoms with Crippen LogP contribution in [0.15, 0.2) is 52.1 Å². The highest BCUT2D eigenvalue weighted by molar-refractivity contribution is 9.10. The average molecular weight is 662 g/mol. The highest BCUT2D eigenvalue weighted by atomic mass is 79.9. The highest BCUT2D eigenvalue weighted by Gasteiger charge is 2.32. The molecule has 1 saturated carbocycles. The van der Waals surface area contributed by atoms with Crippen LogP contribution in [0.5, 0.6) is 5.75 Å². The van der Waals surface area contributed by atoms with Gasteiger partial charge in [-0.3, -0.25) is 19.3 Å². The molecule has 0 unspecified atom stereocenters. The minimum Gasteiger partial charge on any atom is -0.486 e. The Kier molecular flexibility index (Phi) is 8.41. The maximum absolute atomic E-state index is 14.3. The van der Waals surface area contributed by atoms with Gasteiger partial charge < -0.3 is 9.84 Å². The zero-order valence-corrected chi connectivity index (χ0v) is 25.1. The fourth-order valence-electron chi connectivity index (χ4n) is 5.06. The van der Waals surface area contributed by atoms with Crippen LogP contribution in [0, 0.1) is 19.7 Å². The molecule has 0 radical (unpaired) electrons. The molecule has 8 nitrogen and oxygen atoms in total. The van der Waals surface area contributed by atoms with Gasteiger partial charge in [0.2, 0.25) is 0 Å². The molecule has 0 aromatic carbocycles. The van der Waals surface area contributed by atoms with Crippen molar-refractivity contribution in [3.8, 4) is 22.8 Å². The Morgan fingerprint density at radius 3 is 2.49 bits per heavy atom. The van der Waals surface area contributed by atoms with Crippen molar-refractivity contribution < 1.29 is 27.4 Å². The maximum atomic E-state index is 14.3. The molecule has 4 aromatic heterocycles. The van der Waals surface area contributed by atoms with Crippen molar-refractivity contribution in [1.82, 2.24) is 24.5 Å². The molecule has 5 rings (SSSR count). The van der Waals surface area contributed by atoms with E-state index in [0.717, 1.165) is 12.8 Å². The van der Waals surface area contributed by atoms with Gasteiger partial charge in [0.15, 0.2) is 0 Å². The topological polar surface area (TPSA) is 103 Å². The maximum Gasteiger partial charge on any atom is 0.417 e. The number of hydrogen-bond acceptors (Lipinski definition) is 7. The lowest BCUT2D eigenvalue weighted by Crippen LogP contribution is -2.30. The van der Waals surface area contributed by atoms with E-state index in [0.29, 0.717) is 59.3 Å². The molecule has 4 aromatic rings. The Balaban J connectivity index is 1.42. The third kappa shape index (κ3) is 6.62. The number of pyridine rings is 3. The standard InChI is InChI=1S/C30H28BrF4N5O3/c1-16-13-37-22(21-6-9-36-27(39-21)18-4-7-29(3,42)8-5-18)12-24(16)40-17(2)10-25(26(31)28(40)41)43-15-23-20(32)11-19(14-38-23)30(33,34)35/h6,9-14,18,42H,4-5,7-8,15H2,1-3H3. The molecule has 4 heterocycles. The third-order valence-electron chi connectivity index (χ3n) is 7.59. The summed E-state index contributed by atoms with van der Waals surface area (Å²) in [5, 5.41) is 10.3. The van der Waals surface area contributed by atoms with Crippen molar-refractivity contribution in [2.45, 2.75) is 70.8 Å². The zero-order valence-electron chi connectivity index (χ0n) is 23.5. The minimum atomic E-state index is -4.73.